The summed E-state index contributed by atoms with van der Waals surface area (Å²) in [6.45, 7) is 2.06. The summed E-state index contributed by atoms with van der Waals surface area (Å²) in [6, 6.07) is 12.3. The number of hydrogen-bond donors (Lipinski definition) is 3. The van der Waals surface area contributed by atoms with Crippen molar-refractivity contribution in [2.24, 2.45) is 17.6 Å². The maximum Gasteiger partial charge on any atom is 0.224 e. The first-order valence-electron chi connectivity index (χ1n) is 10.4. The second kappa shape index (κ2) is 11.1. The molecule has 2 heterocycles. The van der Waals surface area contributed by atoms with Crippen LogP contribution in [0.15, 0.2) is 54.9 Å². The fourth-order valence-electron chi connectivity index (χ4n) is 3.66. The van der Waals surface area contributed by atoms with E-state index in [1.165, 1.54) is 0 Å². The molecule has 7 nitrogen and oxygen atoms in total. The molecule has 0 radical (unpaired) electrons. The minimum absolute atomic E-state index is 0.244. The molecule has 0 saturated heterocycles. The average molecular weight is 486 g/mol. The molecule has 2 amide bonds. The number of nitrogens with zero attached hydrogens (tertiary/aromatic N) is 2. The molecule has 2 atom stereocenters. The van der Waals surface area contributed by atoms with Gasteiger partial charge in [-0.1, -0.05) is 41.4 Å². The Morgan fingerprint density at radius 2 is 1.79 bits per heavy atom. The smallest absolute Gasteiger partial charge is 0.224 e. The molecule has 0 bridgehead atoms. The highest BCUT2D eigenvalue weighted by molar-refractivity contribution is 6.42. The second-order valence-electron chi connectivity index (χ2n) is 7.83. The fraction of sp³-hybridized carbons (Fsp3) is 0.250. The van der Waals surface area contributed by atoms with Crippen molar-refractivity contribution in [3.8, 4) is 0 Å². The Balaban J connectivity index is 1.87. The Bertz CT molecular complexity index is 1140. The third-order valence-electron chi connectivity index (χ3n) is 5.48. The van der Waals surface area contributed by atoms with Gasteiger partial charge in [-0.25, -0.2) is 4.98 Å². The largest absolute Gasteiger partial charge is 0.384 e. The second-order valence-corrected chi connectivity index (χ2v) is 8.65. The molecule has 0 fully saturated rings. The highest BCUT2D eigenvalue weighted by Crippen LogP contribution is 2.27. The minimum atomic E-state index is -0.755. The lowest BCUT2D eigenvalue weighted by atomic mass is 9.81. The van der Waals surface area contributed by atoms with Gasteiger partial charge in [-0.3, -0.25) is 14.6 Å². The quantitative estimate of drug-likeness (QED) is 0.427. The summed E-state index contributed by atoms with van der Waals surface area (Å²) in [6.07, 6.45) is 3.85. The van der Waals surface area contributed by atoms with Crippen molar-refractivity contribution >= 4 is 40.8 Å². The van der Waals surface area contributed by atoms with Crippen molar-refractivity contribution in [1.29, 1.82) is 0 Å². The van der Waals surface area contributed by atoms with Gasteiger partial charge >= 0.3 is 0 Å². The molecule has 5 N–H and O–H groups in total. The topological polar surface area (TPSA) is 124 Å². The predicted molar refractivity (Wildman–Crippen MR) is 130 cm³/mol. The van der Waals surface area contributed by atoms with E-state index >= 15 is 0 Å². The average Bonchev–Trinajstić information content (AvgIpc) is 2.78. The Hall–Kier alpha value is -3.16. The molecule has 3 rings (SSSR count). The SMILES string of the molecule is Cc1nc(N)ccc1CNC(=O)[C@@H](Cc1ccc(Cl)c(Cl)c1)C(Cc1cccnc1)C(N)=O. The number of primary amides is 1. The van der Waals surface area contributed by atoms with Gasteiger partial charge in [0, 0.05) is 24.6 Å². The predicted octanol–water partition coefficient (Wildman–Crippen LogP) is 3.49. The molecule has 0 saturated carbocycles. The number of aromatic nitrogens is 2. The van der Waals surface area contributed by atoms with Gasteiger partial charge in [0.05, 0.1) is 21.9 Å². The number of amides is 2. The molecule has 2 aromatic heterocycles. The number of pyridine rings is 2. The molecular formula is C24H25Cl2N5O2. The van der Waals surface area contributed by atoms with Crippen molar-refractivity contribution in [2.75, 3.05) is 5.73 Å². The summed E-state index contributed by atoms with van der Waals surface area (Å²) in [5.74, 6) is -1.95. The third-order valence-corrected chi connectivity index (χ3v) is 6.21. The van der Waals surface area contributed by atoms with Crippen molar-refractivity contribution in [3.63, 3.8) is 0 Å². The molecule has 1 aromatic carbocycles. The maximum absolute atomic E-state index is 13.3. The van der Waals surface area contributed by atoms with E-state index in [2.05, 4.69) is 15.3 Å². The molecule has 0 aliphatic rings. The monoisotopic (exact) mass is 485 g/mol. The molecular weight excluding hydrogens is 461 g/mol. The Labute approximate surface area is 202 Å². The van der Waals surface area contributed by atoms with Crippen molar-refractivity contribution in [1.82, 2.24) is 15.3 Å². The Kier molecular flexibility index (Phi) is 8.25. The number of halogens is 2. The summed E-state index contributed by atoms with van der Waals surface area (Å²) in [7, 11) is 0. The van der Waals surface area contributed by atoms with Crippen LogP contribution in [0.25, 0.3) is 0 Å². The van der Waals surface area contributed by atoms with E-state index in [1.54, 1.807) is 42.7 Å². The van der Waals surface area contributed by atoms with E-state index in [4.69, 9.17) is 34.7 Å². The number of hydrogen-bond acceptors (Lipinski definition) is 5. The molecule has 9 heteroatoms. The number of benzene rings is 1. The van der Waals surface area contributed by atoms with Gasteiger partial charge in [0.25, 0.3) is 0 Å². The van der Waals surface area contributed by atoms with Crippen LogP contribution in [0.1, 0.15) is 22.4 Å². The summed E-state index contributed by atoms with van der Waals surface area (Å²) in [5.41, 5.74) is 14.6. The van der Waals surface area contributed by atoms with E-state index in [9.17, 15) is 9.59 Å². The number of nitrogens with one attached hydrogen (secondary N) is 1. The lowest BCUT2D eigenvalue weighted by molar-refractivity contribution is -0.133. The molecule has 3 aromatic rings. The lowest BCUT2D eigenvalue weighted by Gasteiger charge is -2.25. The van der Waals surface area contributed by atoms with Gasteiger partial charge in [-0.15, -0.1) is 0 Å². The number of anilines is 1. The fourth-order valence-corrected chi connectivity index (χ4v) is 3.98. The van der Waals surface area contributed by atoms with Crippen LogP contribution >= 0.6 is 23.2 Å². The minimum Gasteiger partial charge on any atom is -0.384 e. The first-order valence-corrected chi connectivity index (χ1v) is 11.1. The summed E-state index contributed by atoms with van der Waals surface area (Å²) < 4.78 is 0. The van der Waals surface area contributed by atoms with Crippen LogP contribution in [0.4, 0.5) is 5.82 Å². The number of carbonyl (C=O) groups is 2. The molecule has 1 unspecified atom stereocenters. The van der Waals surface area contributed by atoms with Gasteiger partial charge in [0.2, 0.25) is 11.8 Å². The molecule has 0 aliphatic heterocycles. The van der Waals surface area contributed by atoms with Crippen molar-refractivity contribution in [3.05, 3.63) is 87.3 Å². The normalized spacial score (nSPS) is 12.7. The first-order chi connectivity index (χ1) is 15.7. The van der Waals surface area contributed by atoms with Crippen LogP contribution < -0.4 is 16.8 Å². The van der Waals surface area contributed by atoms with Crippen molar-refractivity contribution in [2.45, 2.75) is 26.3 Å². The number of nitrogens with two attached hydrogens (primary N) is 2. The summed E-state index contributed by atoms with van der Waals surface area (Å²) >= 11 is 12.2. The van der Waals surface area contributed by atoms with Crippen LogP contribution in [0.2, 0.25) is 10.0 Å². The first kappa shape index (κ1) is 24.5. The number of aryl methyl sites for hydroxylation is 1. The number of rotatable bonds is 9. The molecule has 33 heavy (non-hydrogen) atoms. The highest BCUT2D eigenvalue weighted by Gasteiger charge is 2.33. The van der Waals surface area contributed by atoms with Crippen LogP contribution in [0, 0.1) is 18.8 Å². The lowest BCUT2D eigenvalue weighted by Crippen LogP contribution is -2.42. The van der Waals surface area contributed by atoms with Gasteiger partial charge in [-0.05, 0) is 60.7 Å². The van der Waals surface area contributed by atoms with Crippen LogP contribution in [-0.2, 0) is 29.0 Å². The molecule has 0 spiro atoms. The van der Waals surface area contributed by atoms with Crippen LogP contribution in [0.3, 0.4) is 0 Å². The zero-order chi connectivity index (χ0) is 24.0. The maximum atomic E-state index is 13.3. The standard InChI is InChI=1S/C24H25Cl2N5O2/c1-14-17(5-7-22(27)31-14)13-30-24(33)19(9-15-4-6-20(25)21(26)11-15)18(23(28)32)10-16-3-2-8-29-12-16/h2-8,11-12,18-19H,9-10,13H2,1H3,(H2,27,31)(H2,28,32)(H,30,33)/t18?,19-/m0/s1. The van der Waals surface area contributed by atoms with Gasteiger partial charge in [0.1, 0.15) is 5.82 Å². The van der Waals surface area contributed by atoms with E-state index in [-0.39, 0.29) is 25.3 Å². The van der Waals surface area contributed by atoms with Crippen LogP contribution in [-0.4, -0.2) is 21.8 Å². The van der Waals surface area contributed by atoms with E-state index in [0.717, 1.165) is 22.4 Å². The summed E-state index contributed by atoms with van der Waals surface area (Å²) in [4.78, 5) is 34.1. The van der Waals surface area contributed by atoms with E-state index in [0.29, 0.717) is 15.9 Å². The Morgan fingerprint density at radius 3 is 2.42 bits per heavy atom. The summed E-state index contributed by atoms with van der Waals surface area (Å²) in [5, 5.41) is 3.71. The number of carbonyl (C=O) groups excluding carboxylic acids is 2. The molecule has 0 aliphatic carbocycles. The van der Waals surface area contributed by atoms with Gasteiger partial charge in [-0.2, -0.15) is 0 Å². The third kappa shape index (κ3) is 6.66. The van der Waals surface area contributed by atoms with Crippen molar-refractivity contribution < 1.29 is 9.59 Å². The van der Waals surface area contributed by atoms with Gasteiger partial charge in [0.15, 0.2) is 0 Å². The van der Waals surface area contributed by atoms with Crippen LogP contribution in [0.5, 0.6) is 0 Å². The zero-order valence-corrected chi connectivity index (χ0v) is 19.6. The highest BCUT2D eigenvalue weighted by atomic mass is 35.5. The zero-order valence-electron chi connectivity index (χ0n) is 18.1. The van der Waals surface area contributed by atoms with Gasteiger partial charge < -0.3 is 16.8 Å². The van der Waals surface area contributed by atoms with E-state index < -0.39 is 17.7 Å². The molecule has 172 valence electrons. The number of nitrogen functional groups attached to an aromatic ring is 1. The Morgan fingerprint density at radius 1 is 1.03 bits per heavy atom. The van der Waals surface area contributed by atoms with E-state index in [1.807, 2.05) is 19.1 Å².